The van der Waals surface area contributed by atoms with Crippen molar-refractivity contribution in [1.82, 2.24) is 4.98 Å². The Kier molecular flexibility index (Phi) is 3.75. The molecule has 0 unspecified atom stereocenters. The summed E-state index contributed by atoms with van der Waals surface area (Å²) >= 11 is 0. The van der Waals surface area contributed by atoms with E-state index in [2.05, 4.69) is 16.0 Å². The van der Waals surface area contributed by atoms with E-state index in [1.807, 2.05) is 18.2 Å². The molecule has 21 heavy (non-hydrogen) atoms. The molecule has 3 rings (SSSR count). The standard InChI is InChI=1S/C16H19N3O2/c17-16(21)14-4-2-12-1-3-13(9-15(12)18-14)19-7-5-11(10-20)6-8-19/h1-4,9,11,20H,5-8,10H2,(H2,17,21). The van der Waals surface area contributed by atoms with E-state index in [-0.39, 0.29) is 6.61 Å². The van der Waals surface area contributed by atoms with Crippen molar-refractivity contribution in [2.75, 3.05) is 24.6 Å². The third-order valence-electron chi connectivity index (χ3n) is 4.17. The van der Waals surface area contributed by atoms with Crippen LogP contribution in [0.3, 0.4) is 0 Å². The molecule has 0 spiro atoms. The largest absolute Gasteiger partial charge is 0.396 e. The van der Waals surface area contributed by atoms with Crippen molar-refractivity contribution < 1.29 is 9.90 Å². The first-order chi connectivity index (χ1) is 10.2. The van der Waals surface area contributed by atoms with E-state index in [9.17, 15) is 9.90 Å². The summed E-state index contributed by atoms with van der Waals surface area (Å²) in [7, 11) is 0. The number of hydrogen-bond acceptors (Lipinski definition) is 4. The van der Waals surface area contributed by atoms with E-state index in [0.29, 0.717) is 11.6 Å². The van der Waals surface area contributed by atoms with E-state index in [4.69, 9.17) is 5.73 Å². The highest BCUT2D eigenvalue weighted by Gasteiger charge is 2.19. The Labute approximate surface area is 123 Å². The van der Waals surface area contributed by atoms with Gasteiger partial charge < -0.3 is 15.7 Å². The summed E-state index contributed by atoms with van der Waals surface area (Å²) < 4.78 is 0. The number of aliphatic hydroxyl groups excluding tert-OH is 1. The van der Waals surface area contributed by atoms with E-state index in [0.717, 1.165) is 42.5 Å². The Bertz CT molecular complexity index is 664. The van der Waals surface area contributed by atoms with Gasteiger partial charge in [-0.2, -0.15) is 0 Å². The second-order valence-corrected chi connectivity index (χ2v) is 5.55. The van der Waals surface area contributed by atoms with Gasteiger partial charge in [-0.05, 0) is 37.0 Å². The fourth-order valence-electron chi connectivity index (χ4n) is 2.81. The van der Waals surface area contributed by atoms with Crippen molar-refractivity contribution in [3.63, 3.8) is 0 Å². The van der Waals surface area contributed by atoms with Gasteiger partial charge in [0.1, 0.15) is 5.69 Å². The third-order valence-corrected chi connectivity index (χ3v) is 4.17. The number of carbonyl (C=O) groups is 1. The molecule has 1 aliphatic heterocycles. The summed E-state index contributed by atoms with van der Waals surface area (Å²) in [5, 5.41) is 10.2. The molecule has 2 heterocycles. The maximum Gasteiger partial charge on any atom is 0.267 e. The van der Waals surface area contributed by atoms with Crippen LogP contribution in [-0.4, -0.2) is 35.7 Å². The minimum Gasteiger partial charge on any atom is -0.396 e. The number of fused-ring (bicyclic) bond motifs is 1. The van der Waals surface area contributed by atoms with Crippen LogP contribution in [-0.2, 0) is 0 Å². The molecule has 110 valence electrons. The van der Waals surface area contributed by atoms with Crippen molar-refractivity contribution in [3.8, 4) is 0 Å². The van der Waals surface area contributed by atoms with Crippen LogP contribution in [0.1, 0.15) is 23.3 Å². The van der Waals surface area contributed by atoms with E-state index >= 15 is 0 Å². The van der Waals surface area contributed by atoms with Crippen molar-refractivity contribution in [2.24, 2.45) is 11.7 Å². The van der Waals surface area contributed by atoms with Gasteiger partial charge in [0.25, 0.3) is 5.91 Å². The lowest BCUT2D eigenvalue weighted by Crippen LogP contribution is -2.34. The number of primary amides is 1. The summed E-state index contributed by atoms with van der Waals surface area (Å²) in [4.78, 5) is 17.8. The van der Waals surface area contributed by atoms with Gasteiger partial charge >= 0.3 is 0 Å². The average molecular weight is 285 g/mol. The molecule has 0 saturated carbocycles. The van der Waals surface area contributed by atoms with Gasteiger partial charge in [0, 0.05) is 30.8 Å². The maximum atomic E-state index is 11.2. The number of nitrogens with two attached hydrogens (primary N) is 1. The van der Waals surface area contributed by atoms with Gasteiger partial charge in [0.2, 0.25) is 0 Å². The van der Waals surface area contributed by atoms with Gasteiger partial charge in [0.15, 0.2) is 0 Å². The number of pyridine rings is 1. The summed E-state index contributed by atoms with van der Waals surface area (Å²) in [5.41, 5.74) is 7.46. The summed E-state index contributed by atoms with van der Waals surface area (Å²) in [6, 6.07) is 9.61. The number of carbonyl (C=O) groups excluding carboxylic acids is 1. The number of amides is 1. The zero-order valence-electron chi connectivity index (χ0n) is 11.8. The van der Waals surface area contributed by atoms with Crippen LogP contribution in [0.2, 0.25) is 0 Å². The van der Waals surface area contributed by atoms with Crippen LogP contribution in [0.4, 0.5) is 5.69 Å². The molecule has 5 heteroatoms. The third kappa shape index (κ3) is 2.83. The van der Waals surface area contributed by atoms with Crippen molar-refractivity contribution >= 4 is 22.5 Å². The van der Waals surface area contributed by atoms with Gasteiger partial charge in [-0.15, -0.1) is 0 Å². The number of aromatic nitrogens is 1. The van der Waals surface area contributed by atoms with Crippen molar-refractivity contribution in [1.29, 1.82) is 0 Å². The molecule has 3 N–H and O–H groups in total. The minimum atomic E-state index is -0.508. The summed E-state index contributed by atoms with van der Waals surface area (Å²) in [6.45, 7) is 2.15. The lowest BCUT2D eigenvalue weighted by atomic mass is 9.97. The predicted molar refractivity (Wildman–Crippen MR) is 82.3 cm³/mol. The molecule has 1 aliphatic rings. The molecular formula is C16H19N3O2. The molecule has 0 bridgehead atoms. The Balaban J connectivity index is 1.88. The molecule has 1 aromatic carbocycles. The summed E-state index contributed by atoms with van der Waals surface area (Å²) in [6.07, 6.45) is 2.01. The zero-order chi connectivity index (χ0) is 14.8. The first-order valence-electron chi connectivity index (χ1n) is 7.24. The Morgan fingerprint density at radius 2 is 2.00 bits per heavy atom. The fraction of sp³-hybridized carbons (Fsp3) is 0.375. The smallest absolute Gasteiger partial charge is 0.267 e. The SMILES string of the molecule is NC(=O)c1ccc2ccc(N3CCC(CO)CC3)cc2n1. The van der Waals surface area contributed by atoms with Gasteiger partial charge in [-0.1, -0.05) is 12.1 Å². The quantitative estimate of drug-likeness (QED) is 0.896. The number of nitrogens with zero attached hydrogens (tertiary/aromatic N) is 2. The normalized spacial score (nSPS) is 16.3. The second-order valence-electron chi connectivity index (χ2n) is 5.55. The molecule has 0 radical (unpaired) electrons. The number of piperidine rings is 1. The first kappa shape index (κ1) is 13.8. The summed E-state index contributed by atoms with van der Waals surface area (Å²) in [5.74, 6) is -0.0904. The van der Waals surface area contributed by atoms with Crippen LogP contribution < -0.4 is 10.6 Å². The topological polar surface area (TPSA) is 79.5 Å². The Morgan fingerprint density at radius 1 is 1.29 bits per heavy atom. The van der Waals surface area contributed by atoms with Crippen LogP contribution in [0.15, 0.2) is 30.3 Å². The zero-order valence-corrected chi connectivity index (χ0v) is 11.8. The molecule has 1 amide bonds. The van der Waals surface area contributed by atoms with Gasteiger partial charge in [-0.3, -0.25) is 4.79 Å². The highest BCUT2D eigenvalue weighted by atomic mass is 16.3. The highest BCUT2D eigenvalue weighted by Crippen LogP contribution is 2.26. The number of hydrogen-bond donors (Lipinski definition) is 2. The van der Waals surface area contributed by atoms with Crippen LogP contribution in [0.25, 0.3) is 10.9 Å². The Morgan fingerprint density at radius 3 is 2.67 bits per heavy atom. The molecule has 1 fully saturated rings. The lowest BCUT2D eigenvalue weighted by Gasteiger charge is -2.33. The van der Waals surface area contributed by atoms with Crippen LogP contribution in [0.5, 0.6) is 0 Å². The Hall–Kier alpha value is -2.14. The van der Waals surface area contributed by atoms with Crippen molar-refractivity contribution in [2.45, 2.75) is 12.8 Å². The van der Waals surface area contributed by atoms with E-state index < -0.39 is 5.91 Å². The van der Waals surface area contributed by atoms with E-state index in [1.165, 1.54) is 0 Å². The predicted octanol–water partition coefficient (Wildman–Crippen LogP) is 1.54. The molecule has 0 aliphatic carbocycles. The molecule has 0 atom stereocenters. The number of anilines is 1. The van der Waals surface area contributed by atoms with E-state index in [1.54, 1.807) is 6.07 Å². The first-order valence-corrected chi connectivity index (χ1v) is 7.24. The monoisotopic (exact) mass is 285 g/mol. The minimum absolute atomic E-state index is 0.273. The maximum absolute atomic E-state index is 11.2. The average Bonchev–Trinajstić information content (AvgIpc) is 2.54. The number of aliphatic hydroxyl groups is 1. The van der Waals surface area contributed by atoms with Gasteiger partial charge in [-0.25, -0.2) is 4.98 Å². The molecular weight excluding hydrogens is 266 g/mol. The molecule has 1 aromatic heterocycles. The van der Waals surface area contributed by atoms with Crippen LogP contribution in [0, 0.1) is 5.92 Å². The molecule has 1 saturated heterocycles. The molecule has 5 nitrogen and oxygen atoms in total. The fourth-order valence-corrected chi connectivity index (χ4v) is 2.81. The van der Waals surface area contributed by atoms with Crippen LogP contribution >= 0.6 is 0 Å². The second kappa shape index (κ2) is 5.69. The highest BCUT2D eigenvalue weighted by molar-refractivity contribution is 5.94. The van der Waals surface area contributed by atoms with Gasteiger partial charge in [0.05, 0.1) is 5.52 Å². The number of benzene rings is 1. The lowest BCUT2D eigenvalue weighted by molar-refractivity contribution is 0.0996. The molecule has 2 aromatic rings. The number of rotatable bonds is 3. The van der Waals surface area contributed by atoms with Crippen molar-refractivity contribution in [3.05, 3.63) is 36.0 Å².